The van der Waals surface area contributed by atoms with Gasteiger partial charge in [-0.1, -0.05) is 85.8 Å². The van der Waals surface area contributed by atoms with Crippen LogP contribution in [0.5, 0.6) is 5.75 Å². The van der Waals surface area contributed by atoms with Crippen molar-refractivity contribution in [2.24, 2.45) is 0 Å². The molecule has 4 heteroatoms. The number of carbonyl (C=O) groups excluding carboxylic acids is 1. The molecular formula is C26H24N2O2. The summed E-state index contributed by atoms with van der Waals surface area (Å²) in [6.45, 7) is 2.05. The van der Waals surface area contributed by atoms with Gasteiger partial charge < -0.3 is 10.4 Å². The Labute approximate surface area is 176 Å². The lowest BCUT2D eigenvalue weighted by Gasteiger charge is -2.19. The minimum Gasteiger partial charge on any atom is -0.505 e. The number of nitrogens with zero attached hydrogens (tertiary/aromatic N) is 1. The summed E-state index contributed by atoms with van der Waals surface area (Å²) in [6.07, 6.45) is 0.867. The Morgan fingerprint density at radius 3 is 2.27 bits per heavy atom. The Bertz CT molecular complexity index is 1160. The van der Waals surface area contributed by atoms with Crippen LogP contribution < -0.4 is 5.32 Å². The molecule has 2 N–H and O–H groups in total. The maximum atomic E-state index is 13.0. The SMILES string of the molecule is CC[C@@H](NC(=O)Cc1c(O)c(-c2ccccc2)nc2ccccc12)c1ccccc1. The number of aromatic nitrogens is 1. The van der Waals surface area contributed by atoms with E-state index in [1.807, 2.05) is 91.9 Å². The van der Waals surface area contributed by atoms with Crippen LogP contribution in [0.4, 0.5) is 0 Å². The lowest BCUT2D eigenvalue weighted by molar-refractivity contribution is -0.121. The lowest BCUT2D eigenvalue weighted by atomic mass is 9.99. The number of benzene rings is 3. The minimum absolute atomic E-state index is 0.0582. The summed E-state index contributed by atoms with van der Waals surface area (Å²) in [5.74, 6) is -0.0702. The molecule has 30 heavy (non-hydrogen) atoms. The van der Waals surface area contributed by atoms with E-state index >= 15 is 0 Å². The fraction of sp³-hybridized carbons (Fsp3) is 0.154. The number of para-hydroxylation sites is 1. The van der Waals surface area contributed by atoms with E-state index in [9.17, 15) is 9.90 Å². The first-order valence-electron chi connectivity index (χ1n) is 10.2. The maximum absolute atomic E-state index is 13.0. The second-order valence-electron chi connectivity index (χ2n) is 7.29. The van der Waals surface area contributed by atoms with Gasteiger partial charge in [0.1, 0.15) is 11.4 Å². The molecule has 1 heterocycles. The monoisotopic (exact) mass is 396 g/mol. The van der Waals surface area contributed by atoms with Crippen LogP contribution in [0.15, 0.2) is 84.9 Å². The number of hydrogen-bond donors (Lipinski definition) is 2. The number of aromatic hydroxyl groups is 1. The second kappa shape index (κ2) is 8.78. The number of pyridine rings is 1. The molecule has 3 aromatic carbocycles. The van der Waals surface area contributed by atoms with Crippen LogP contribution in [0.25, 0.3) is 22.2 Å². The average Bonchev–Trinajstić information content (AvgIpc) is 2.80. The average molecular weight is 396 g/mol. The molecule has 0 aliphatic carbocycles. The first kappa shape index (κ1) is 19.6. The van der Waals surface area contributed by atoms with E-state index in [1.165, 1.54) is 0 Å². The zero-order valence-electron chi connectivity index (χ0n) is 16.9. The smallest absolute Gasteiger partial charge is 0.225 e. The van der Waals surface area contributed by atoms with Crippen molar-refractivity contribution >= 4 is 16.8 Å². The Hall–Kier alpha value is -3.66. The van der Waals surface area contributed by atoms with Crippen LogP contribution in [-0.2, 0) is 11.2 Å². The molecule has 0 saturated carbocycles. The normalized spacial score (nSPS) is 11.9. The van der Waals surface area contributed by atoms with E-state index in [-0.39, 0.29) is 24.1 Å². The molecule has 1 aromatic heterocycles. The quantitative estimate of drug-likeness (QED) is 0.458. The van der Waals surface area contributed by atoms with Crippen LogP contribution in [0.2, 0.25) is 0 Å². The van der Waals surface area contributed by atoms with Crippen molar-refractivity contribution in [1.29, 1.82) is 0 Å². The molecular weight excluding hydrogens is 372 g/mol. The molecule has 150 valence electrons. The third-order valence-electron chi connectivity index (χ3n) is 5.30. The Balaban J connectivity index is 1.69. The number of nitrogens with one attached hydrogen (secondary N) is 1. The van der Waals surface area contributed by atoms with E-state index in [4.69, 9.17) is 0 Å². The molecule has 4 nitrogen and oxygen atoms in total. The third-order valence-corrected chi connectivity index (χ3v) is 5.30. The van der Waals surface area contributed by atoms with Gasteiger partial charge in [-0.2, -0.15) is 0 Å². The van der Waals surface area contributed by atoms with Crippen molar-refractivity contribution in [1.82, 2.24) is 10.3 Å². The summed E-state index contributed by atoms with van der Waals surface area (Å²) >= 11 is 0. The van der Waals surface area contributed by atoms with Gasteiger partial charge in [0.05, 0.1) is 18.0 Å². The summed E-state index contributed by atoms with van der Waals surface area (Å²) in [5, 5.41) is 15.0. The molecule has 0 aliphatic rings. The van der Waals surface area contributed by atoms with Crippen LogP contribution >= 0.6 is 0 Å². The van der Waals surface area contributed by atoms with Gasteiger partial charge in [0.15, 0.2) is 0 Å². The van der Waals surface area contributed by atoms with Gasteiger partial charge in [0.2, 0.25) is 5.91 Å². The predicted octanol–water partition coefficient (Wildman–Crippen LogP) is 5.42. The van der Waals surface area contributed by atoms with Crippen molar-refractivity contribution < 1.29 is 9.90 Å². The first-order valence-corrected chi connectivity index (χ1v) is 10.2. The number of amides is 1. The van der Waals surface area contributed by atoms with Gasteiger partial charge in [-0.15, -0.1) is 0 Å². The summed E-state index contributed by atoms with van der Waals surface area (Å²) in [5.41, 5.74) is 3.74. The molecule has 0 saturated heterocycles. The molecule has 0 fully saturated rings. The minimum atomic E-state index is -0.128. The molecule has 4 aromatic rings. The molecule has 0 radical (unpaired) electrons. The Kier molecular flexibility index (Phi) is 5.75. The van der Waals surface area contributed by atoms with Gasteiger partial charge in [-0.3, -0.25) is 4.79 Å². The summed E-state index contributed by atoms with van der Waals surface area (Å²) in [6, 6.07) is 27.0. The topological polar surface area (TPSA) is 62.2 Å². The van der Waals surface area contributed by atoms with Gasteiger partial charge in [0.25, 0.3) is 0 Å². The Morgan fingerprint density at radius 2 is 1.57 bits per heavy atom. The van der Waals surface area contributed by atoms with Crippen molar-refractivity contribution in [3.63, 3.8) is 0 Å². The van der Waals surface area contributed by atoms with E-state index in [2.05, 4.69) is 10.3 Å². The zero-order valence-corrected chi connectivity index (χ0v) is 16.9. The van der Waals surface area contributed by atoms with Crippen LogP contribution in [-0.4, -0.2) is 16.0 Å². The molecule has 0 spiro atoms. The molecule has 0 unspecified atom stereocenters. The van der Waals surface area contributed by atoms with Crippen molar-refractivity contribution in [2.45, 2.75) is 25.8 Å². The maximum Gasteiger partial charge on any atom is 0.225 e. The van der Waals surface area contributed by atoms with Crippen molar-refractivity contribution in [2.75, 3.05) is 0 Å². The van der Waals surface area contributed by atoms with Crippen molar-refractivity contribution in [3.05, 3.63) is 96.1 Å². The molecule has 4 rings (SSSR count). The second-order valence-corrected chi connectivity index (χ2v) is 7.29. The first-order chi connectivity index (χ1) is 14.7. The summed E-state index contributed by atoms with van der Waals surface area (Å²) < 4.78 is 0. The highest BCUT2D eigenvalue weighted by atomic mass is 16.3. The predicted molar refractivity (Wildman–Crippen MR) is 120 cm³/mol. The van der Waals surface area contributed by atoms with E-state index < -0.39 is 0 Å². The third kappa shape index (κ3) is 4.03. The highest BCUT2D eigenvalue weighted by molar-refractivity contribution is 5.93. The van der Waals surface area contributed by atoms with Crippen LogP contribution in [0.3, 0.4) is 0 Å². The van der Waals surface area contributed by atoms with E-state index in [0.29, 0.717) is 11.3 Å². The largest absolute Gasteiger partial charge is 0.505 e. The number of carbonyl (C=O) groups is 1. The van der Waals surface area contributed by atoms with Gasteiger partial charge >= 0.3 is 0 Å². The van der Waals surface area contributed by atoms with E-state index in [1.54, 1.807) is 0 Å². The van der Waals surface area contributed by atoms with Crippen molar-refractivity contribution in [3.8, 4) is 17.0 Å². The zero-order chi connectivity index (χ0) is 20.9. The number of rotatable bonds is 6. The molecule has 1 atom stereocenters. The van der Waals surface area contributed by atoms with E-state index in [0.717, 1.165) is 28.5 Å². The fourth-order valence-electron chi connectivity index (χ4n) is 3.76. The van der Waals surface area contributed by atoms with Gasteiger partial charge in [-0.05, 0) is 18.1 Å². The Morgan fingerprint density at radius 1 is 0.933 bits per heavy atom. The van der Waals surface area contributed by atoms with Gasteiger partial charge in [-0.25, -0.2) is 4.98 Å². The van der Waals surface area contributed by atoms with Gasteiger partial charge in [0, 0.05) is 16.5 Å². The highest BCUT2D eigenvalue weighted by Crippen LogP contribution is 2.35. The summed E-state index contributed by atoms with van der Waals surface area (Å²) in [7, 11) is 0. The number of hydrogen-bond acceptors (Lipinski definition) is 3. The fourth-order valence-corrected chi connectivity index (χ4v) is 3.76. The standard InChI is InChI=1S/C26H24N2O2/c1-2-22(18-11-5-3-6-12-18)27-24(29)17-21-20-15-9-10-16-23(20)28-25(26(21)30)19-13-7-4-8-14-19/h3-16,22,30H,2,17H2,1H3,(H,27,29)/t22-/m1/s1. The molecule has 1 amide bonds. The molecule has 0 bridgehead atoms. The highest BCUT2D eigenvalue weighted by Gasteiger charge is 2.20. The number of fused-ring (bicyclic) bond motifs is 1. The lowest BCUT2D eigenvalue weighted by Crippen LogP contribution is -2.29. The molecule has 0 aliphatic heterocycles. The van der Waals surface area contributed by atoms with Crippen LogP contribution in [0, 0.1) is 0 Å². The summed E-state index contributed by atoms with van der Waals surface area (Å²) in [4.78, 5) is 17.6. The van der Waals surface area contributed by atoms with Crippen LogP contribution in [0.1, 0.15) is 30.5 Å².